The van der Waals surface area contributed by atoms with Gasteiger partial charge in [0.2, 0.25) is 0 Å². The fourth-order valence-corrected chi connectivity index (χ4v) is 3.77. The molecule has 2 aromatic heterocycles. The van der Waals surface area contributed by atoms with Gasteiger partial charge in [0.1, 0.15) is 0 Å². The van der Waals surface area contributed by atoms with Crippen LogP contribution in [0.3, 0.4) is 0 Å². The molecule has 2 aliphatic rings. The van der Waals surface area contributed by atoms with Crippen LogP contribution in [0.1, 0.15) is 60.4 Å². The predicted molar refractivity (Wildman–Crippen MR) is 102 cm³/mol. The average molecular weight is 368 g/mol. The van der Waals surface area contributed by atoms with Gasteiger partial charge in [-0.2, -0.15) is 0 Å². The van der Waals surface area contributed by atoms with Crippen molar-refractivity contribution in [2.75, 3.05) is 6.54 Å². The number of hydrogen-bond acceptors (Lipinski definition) is 5. The van der Waals surface area contributed by atoms with Gasteiger partial charge < -0.3 is 5.32 Å². The molecule has 0 radical (unpaired) electrons. The summed E-state index contributed by atoms with van der Waals surface area (Å²) >= 11 is 0. The summed E-state index contributed by atoms with van der Waals surface area (Å²) in [5.74, 6) is -0.103. The standard InChI is InChI=1S/C20H28N6O/c1-15-5-4-6-17(21-15)13-25-11-3-2-7-18(25)10-12-26-14-19(23-24-26)20(27)22-16-8-9-16/h4-6,14,16,18H,2-3,7-13H2,1H3,(H,22,27). The summed E-state index contributed by atoms with van der Waals surface area (Å²) in [6.45, 7) is 4.84. The number of carbonyl (C=O) groups is 1. The van der Waals surface area contributed by atoms with E-state index in [1.54, 1.807) is 10.9 Å². The number of aryl methyl sites for hydroxylation is 2. The number of hydrogen-bond donors (Lipinski definition) is 1. The minimum atomic E-state index is -0.103. The fraction of sp³-hybridized carbons (Fsp3) is 0.600. The van der Waals surface area contributed by atoms with E-state index in [0.717, 1.165) is 50.3 Å². The molecular formula is C20H28N6O. The van der Waals surface area contributed by atoms with E-state index in [-0.39, 0.29) is 5.91 Å². The van der Waals surface area contributed by atoms with Gasteiger partial charge in [-0.25, -0.2) is 0 Å². The Morgan fingerprint density at radius 1 is 1.26 bits per heavy atom. The Bertz CT molecular complexity index is 784. The van der Waals surface area contributed by atoms with Gasteiger partial charge in [-0.15, -0.1) is 5.10 Å². The molecule has 1 aliphatic heterocycles. The summed E-state index contributed by atoms with van der Waals surface area (Å²) in [6.07, 6.45) is 8.66. The SMILES string of the molecule is Cc1cccc(CN2CCCCC2CCn2cc(C(=O)NC3CC3)nn2)n1. The Kier molecular flexibility index (Phi) is 5.48. The van der Waals surface area contributed by atoms with Crippen LogP contribution in [-0.4, -0.2) is 49.4 Å². The molecule has 3 heterocycles. The molecule has 2 fully saturated rings. The van der Waals surface area contributed by atoms with Gasteiger partial charge in [0.05, 0.1) is 11.9 Å². The van der Waals surface area contributed by atoms with E-state index in [9.17, 15) is 4.79 Å². The number of piperidine rings is 1. The van der Waals surface area contributed by atoms with E-state index < -0.39 is 0 Å². The minimum Gasteiger partial charge on any atom is -0.348 e. The molecule has 0 spiro atoms. The Hall–Kier alpha value is -2.28. The molecule has 7 heteroatoms. The summed E-state index contributed by atoms with van der Waals surface area (Å²) in [5.41, 5.74) is 2.63. The molecule has 1 atom stereocenters. The van der Waals surface area contributed by atoms with Crippen molar-refractivity contribution in [3.63, 3.8) is 0 Å². The molecule has 1 saturated heterocycles. The molecule has 1 N–H and O–H groups in total. The lowest BCUT2D eigenvalue weighted by Gasteiger charge is -2.35. The molecule has 2 aromatic rings. The zero-order valence-electron chi connectivity index (χ0n) is 16.0. The van der Waals surface area contributed by atoms with E-state index in [1.165, 1.54) is 19.3 Å². The zero-order valence-corrected chi connectivity index (χ0v) is 16.0. The number of nitrogens with one attached hydrogen (secondary N) is 1. The number of rotatable bonds is 7. The zero-order chi connectivity index (χ0) is 18.6. The third-order valence-electron chi connectivity index (χ3n) is 5.44. The van der Waals surface area contributed by atoms with Crippen molar-refractivity contribution in [2.24, 2.45) is 0 Å². The van der Waals surface area contributed by atoms with Crippen molar-refractivity contribution in [2.45, 2.75) is 70.6 Å². The van der Waals surface area contributed by atoms with Gasteiger partial charge in [0, 0.05) is 30.9 Å². The van der Waals surface area contributed by atoms with E-state index in [1.807, 2.05) is 13.0 Å². The molecular weight excluding hydrogens is 340 g/mol. The van der Waals surface area contributed by atoms with Gasteiger partial charge in [0.15, 0.2) is 5.69 Å². The second-order valence-corrected chi connectivity index (χ2v) is 7.79. The average Bonchev–Trinajstić information content (AvgIpc) is 3.34. The lowest BCUT2D eigenvalue weighted by Crippen LogP contribution is -2.39. The van der Waals surface area contributed by atoms with Gasteiger partial charge >= 0.3 is 0 Å². The molecule has 1 aliphatic carbocycles. The second kappa shape index (κ2) is 8.17. The van der Waals surface area contributed by atoms with Gasteiger partial charge in [-0.05, 0) is 57.7 Å². The number of aromatic nitrogens is 4. The summed E-state index contributed by atoms with van der Waals surface area (Å²) in [4.78, 5) is 19.3. The number of amides is 1. The third kappa shape index (κ3) is 4.91. The first-order chi connectivity index (χ1) is 13.2. The van der Waals surface area contributed by atoms with E-state index in [0.29, 0.717) is 17.8 Å². The Morgan fingerprint density at radius 3 is 2.96 bits per heavy atom. The van der Waals surface area contributed by atoms with Crippen LogP contribution in [0.4, 0.5) is 0 Å². The van der Waals surface area contributed by atoms with Gasteiger partial charge in [-0.1, -0.05) is 17.7 Å². The number of likely N-dealkylation sites (tertiary alicyclic amines) is 1. The van der Waals surface area contributed by atoms with Gasteiger partial charge in [0.25, 0.3) is 5.91 Å². The Labute approximate surface area is 160 Å². The van der Waals surface area contributed by atoms with Crippen LogP contribution in [0, 0.1) is 6.92 Å². The van der Waals surface area contributed by atoms with Crippen molar-refractivity contribution >= 4 is 5.91 Å². The number of nitrogens with zero attached hydrogens (tertiary/aromatic N) is 5. The molecule has 0 bridgehead atoms. The van der Waals surface area contributed by atoms with E-state index in [4.69, 9.17) is 0 Å². The summed E-state index contributed by atoms with van der Waals surface area (Å²) in [6, 6.07) is 7.10. The molecule has 7 nitrogen and oxygen atoms in total. The van der Waals surface area contributed by atoms with Crippen LogP contribution < -0.4 is 5.32 Å². The quantitative estimate of drug-likeness (QED) is 0.812. The molecule has 4 rings (SSSR count). The largest absolute Gasteiger partial charge is 0.348 e. The molecule has 1 amide bonds. The minimum absolute atomic E-state index is 0.103. The highest BCUT2D eigenvalue weighted by Gasteiger charge is 2.26. The normalized spacial score (nSPS) is 20.6. The lowest BCUT2D eigenvalue weighted by atomic mass is 9.99. The van der Waals surface area contributed by atoms with Crippen molar-refractivity contribution in [1.82, 2.24) is 30.2 Å². The third-order valence-corrected chi connectivity index (χ3v) is 5.44. The van der Waals surface area contributed by atoms with Crippen LogP contribution in [0.25, 0.3) is 0 Å². The van der Waals surface area contributed by atoms with Crippen molar-refractivity contribution < 1.29 is 4.79 Å². The maximum atomic E-state index is 12.1. The number of pyridine rings is 1. The van der Waals surface area contributed by atoms with Crippen molar-refractivity contribution in [1.29, 1.82) is 0 Å². The summed E-state index contributed by atoms with van der Waals surface area (Å²) < 4.78 is 1.81. The van der Waals surface area contributed by atoms with E-state index >= 15 is 0 Å². The van der Waals surface area contributed by atoms with Crippen LogP contribution in [0.15, 0.2) is 24.4 Å². The summed E-state index contributed by atoms with van der Waals surface area (Å²) in [5, 5.41) is 11.1. The van der Waals surface area contributed by atoms with Crippen molar-refractivity contribution in [3.05, 3.63) is 41.5 Å². The maximum absolute atomic E-state index is 12.1. The molecule has 27 heavy (non-hydrogen) atoms. The maximum Gasteiger partial charge on any atom is 0.273 e. The molecule has 1 unspecified atom stereocenters. The van der Waals surface area contributed by atoms with Crippen LogP contribution in [0.2, 0.25) is 0 Å². The predicted octanol–water partition coefficient (Wildman–Crippen LogP) is 2.32. The highest BCUT2D eigenvalue weighted by Crippen LogP contribution is 2.22. The molecule has 1 saturated carbocycles. The number of carbonyl (C=O) groups excluding carboxylic acids is 1. The first-order valence-electron chi connectivity index (χ1n) is 10.0. The lowest BCUT2D eigenvalue weighted by molar-refractivity contribution is 0.0946. The topological polar surface area (TPSA) is 75.9 Å². The fourth-order valence-electron chi connectivity index (χ4n) is 3.77. The van der Waals surface area contributed by atoms with Crippen LogP contribution in [-0.2, 0) is 13.1 Å². The highest BCUT2D eigenvalue weighted by molar-refractivity contribution is 5.92. The molecule has 0 aromatic carbocycles. The summed E-state index contributed by atoms with van der Waals surface area (Å²) in [7, 11) is 0. The first-order valence-corrected chi connectivity index (χ1v) is 10.0. The van der Waals surface area contributed by atoms with Gasteiger partial charge in [-0.3, -0.25) is 19.4 Å². The van der Waals surface area contributed by atoms with Crippen molar-refractivity contribution in [3.8, 4) is 0 Å². The smallest absolute Gasteiger partial charge is 0.273 e. The Morgan fingerprint density at radius 2 is 2.15 bits per heavy atom. The van der Waals surface area contributed by atoms with Crippen LogP contribution in [0.5, 0.6) is 0 Å². The van der Waals surface area contributed by atoms with Crippen LogP contribution >= 0.6 is 0 Å². The molecule has 144 valence electrons. The second-order valence-electron chi connectivity index (χ2n) is 7.79. The Balaban J connectivity index is 1.33. The highest BCUT2D eigenvalue weighted by atomic mass is 16.2. The first kappa shape index (κ1) is 18.1. The monoisotopic (exact) mass is 368 g/mol. The van der Waals surface area contributed by atoms with E-state index in [2.05, 4.69) is 37.6 Å².